The number of hydrogen-bond donors (Lipinski definition) is 2. The van der Waals surface area contributed by atoms with Gasteiger partial charge in [-0.1, -0.05) is 23.3 Å². The topological polar surface area (TPSA) is 62.2 Å². The van der Waals surface area contributed by atoms with E-state index in [4.69, 9.17) is 21.1 Å². The maximum Gasteiger partial charge on any atom is 0.168 e. The Morgan fingerprint density at radius 2 is 2.14 bits per heavy atom. The van der Waals surface area contributed by atoms with Crippen molar-refractivity contribution in [1.82, 2.24) is 0 Å². The first-order chi connectivity index (χ1) is 9.72. The van der Waals surface area contributed by atoms with Crippen molar-refractivity contribution in [2.24, 2.45) is 11.8 Å². The summed E-state index contributed by atoms with van der Waals surface area (Å²) in [7, 11) is 1.55. The van der Waals surface area contributed by atoms with Crippen LogP contribution in [0.15, 0.2) is 11.6 Å². The summed E-state index contributed by atoms with van der Waals surface area (Å²) in [6.45, 7) is 6.05. The predicted octanol–water partition coefficient (Wildman–Crippen LogP) is 2.81. The van der Waals surface area contributed by atoms with Crippen LogP contribution < -0.4 is 0 Å². The average molecular weight is 319 g/mol. The van der Waals surface area contributed by atoms with E-state index in [1.54, 1.807) is 7.11 Å². The highest BCUT2D eigenvalue weighted by Gasteiger charge is 2.66. The smallest absolute Gasteiger partial charge is 0.168 e. The minimum atomic E-state index is -1.75. The molecule has 1 aliphatic carbocycles. The van der Waals surface area contributed by atoms with Gasteiger partial charge in [0, 0.05) is 19.4 Å². The van der Waals surface area contributed by atoms with Gasteiger partial charge in [-0.2, -0.15) is 0 Å². The number of epoxide rings is 1. The minimum absolute atomic E-state index is 0.0115. The monoisotopic (exact) mass is 318 g/mol. The number of methoxy groups -OCH3 is 1. The lowest BCUT2D eigenvalue weighted by atomic mass is 9.67. The van der Waals surface area contributed by atoms with Crippen molar-refractivity contribution in [2.45, 2.75) is 69.5 Å². The largest absolute Gasteiger partial charge is 0.365 e. The van der Waals surface area contributed by atoms with Gasteiger partial charge in [-0.3, -0.25) is 0 Å². The van der Waals surface area contributed by atoms with Crippen LogP contribution in [0.3, 0.4) is 0 Å². The van der Waals surface area contributed by atoms with Crippen molar-refractivity contribution >= 4 is 11.6 Å². The second-order valence-electron chi connectivity index (χ2n) is 6.81. The van der Waals surface area contributed by atoms with Gasteiger partial charge in [0.25, 0.3) is 0 Å². The molecule has 0 spiro atoms. The van der Waals surface area contributed by atoms with Gasteiger partial charge in [0.2, 0.25) is 0 Å². The molecular weight excluding hydrogens is 292 g/mol. The highest BCUT2D eigenvalue weighted by molar-refractivity contribution is 6.19. The van der Waals surface area contributed by atoms with Gasteiger partial charge in [-0.15, -0.1) is 0 Å². The van der Waals surface area contributed by atoms with Crippen LogP contribution in [-0.4, -0.2) is 40.4 Å². The summed E-state index contributed by atoms with van der Waals surface area (Å²) >= 11 is 6.26. The van der Waals surface area contributed by atoms with Crippen molar-refractivity contribution in [1.29, 1.82) is 0 Å². The zero-order valence-corrected chi connectivity index (χ0v) is 14.1. The molecule has 2 rings (SSSR count). The summed E-state index contributed by atoms with van der Waals surface area (Å²) in [5.74, 6) is -2.30. The maximum absolute atomic E-state index is 10.5. The van der Waals surface area contributed by atoms with Crippen molar-refractivity contribution < 1.29 is 19.7 Å². The second-order valence-corrected chi connectivity index (χ2v) is 7.24. The molecule has 0 aromatic rings. The fourth-order valence-corrected chi connectivity index (χ4v) is 4.05. The highest BCUT2D eigenvalue weighted by Crippen LogP contribution is 2.56. The van der Waals surface area contributed by atoms with Crippen molar-refractivity contribution in [3.63, 3.8) is 0 Å². The fourth-order valence-electron chi connectivity index (χ4n) is 3.78. The van der Waals surface area contributed by atoms with Gasteiger partial charge in [-0.05, 0) is 40.0 Å². The summed E-state index contributed by atoms with van der Waals surface area (Å²) in [5.41, 5.74) is 0.158. The van der Waals surface area contributed by atoms with Crippen LogP contribution in [0.4, 0.5) is 0 Å². The quantitative estimate of drug-likeness (QED) is 0.354. The molecule has 1 aliphatic heterocycles. The van der Waals surface area contributed by atoms with Crippen LogP contribution in [0.2, 0.25) is 0 Å². The number of ether oxygens (including phenoxy) is 2. The first-order valence-electron chi connectivity index (χ1n) is 7.65. The van der Waals surface area contributed by atoms with Crippen LogP contribution >= 0.6 is 11.6 Å². The lowest BCUT2D eigenvalue weighted by Gasteiger charge is -2.44. The standard InChI is InChI=1S/C16H27ClO4/c1-10(2)7-8-12-15(3,21-12)13-11(14(17)20-4)6-5-9-16(13,18)19/h7,11-14,18-19H,5-6,8-9H2,1-4H3. The van der Waals surface area contributed by atoms with Crippen LogP contribution in [0.5, 0.6) is 0 Å². The molecule has 2 aliphatic rings. The Kier molecular flexibility index (Phi) is 5.06. The van der Waals surface area contributed by atoms with Gasteiger partial charge < -0.3 is 19.7 Å². The first-order valence-corrected chi connectivity index (χ1v) is 8.09. The second kappa shape index (κ2) is 6.17. The number of aliphatic hydroxyl groups is 2. The van der Waals surface area contributed by atoms with E-state index < -0.39 is 22.9 Å². The Bertz CT molecular complexity index is 405. The summed E-state index contributed by atoms with van der Waals surface area (Å²) < 4.78 is 11.1. The predicted molar refractivity (Wildman–Crippen MR) is 82.0 cm³/mol. The number of allylic oxidation sites excluding steroid dienone is 1. The Morgan fingerprint density at radius 3 is 2.71 bits per heavy atom. The normalized spacial score (nSPS) is 39.7. The van der Waals surface area contributed by atoms with E-state index in [1.807, 2.05) is 20.8 Å². The summed E-state index contributed by atoms with van der Waals surface area (Å²) in [6.07, 6.45) is 4.84. The molecule has 122 valence electrons. The number of alkyl halides is 1. The molecule has 21 heavy (non-hydrogen) atoms. The molecule has 5 atom stereocenters. The molecule has 0 aromatic heterocycles. The van der Waals surface area contributed by atoms with E-state index in [2.05, 4.69) is 6.08 Å². The highest BCUT2D eigenvalue weighted by atomic mass is 35.5. The van der Waals surface area contributed by atoms with Crippen LogP contribution in [0, 0.1) is 11.8 Å². The van der Waals surface area contributed by atoms with E-state index in [0.29, 0.717) is 6.42 Å². The van der Waals surface area contributed by atoms with E-state index in [1.165, 1.54) is 5.57 Å². The van der Waals surface area contributed by atoms with Crippen molar-refractivity contribution in [3.05, 3.63) is 11.6 Å². The van der Waals surface area contributed by atoms with E-state index in [9.17, 15) is 10.2 Å². The minimum Gasteiger partial charge on any atom is -0.365 e. The van der Waals surface area contributed by atoms with Gasteiger partial charge >= 0.3 is 0 Å². The molecule has 2 fully saturated rings. The summed E-state index contributed by atoms with van der Waals surface area (Å²) in [5, 5.41) is 20.9. The van der Waals surface area contributed by atoms with E-state index in [-0.39, 0.29) is 12.0 Å². The zero-order valence-electron chi connectivity index (χ0n) is 13.3. The van der Waals surface area contributed by atoms with E-state index in [0.717, 1.165) is 19.3 Å². The van der Waals surface area contributed by atoms with Crippen molar-refractivity contribution in [3.8, 4) is 0 Å². The third-order valence-electron chi connectivity index (χ3n) is 4.91. The Labute approximate surface area is 132 Å². The molecule has 1 saturated carbocycles. The molecule has 1 heterocycles. The van der Waals surface area contributed by atoms with Crippen LogP contribution in [0.25, 0.3) is 0 Å². The molecular formula is C16H27ClO4. The van der Waals surface area contributed by atoms with Gasteiger partial charge in [0.1, 0.15) is 11.2 Å². The lowest BCUT2D eigenvalue weighted by molar-refractivity contribution is -0.250. The molecule has 2 N–H and O–H groups in total. The summed E-state index contributed by atoms with van der Waals surface area (Å²) in [6, 6.07) is 0. The van der Waals surface area contributed by atoms with Crippen LogP contribution in [-0.2, 0) is 9.47 Å². The Hall–Kier alpha value is -0.130. The van der Waals surface area contributed by atoms with E-state index >= 15 is 0 Å². The number of hydrogen-bond acceptors (Lipinski definition) is 4. The Balaban J connectivity index is 2.18. The molecule has 0 radical (unpaired) electrons. The first kappa shape index (κ1) is 17.2. The fraction of sp³-hybridized carbons (Fsp3) is 0.875. The molecule has 0 amide bonds. The number of rotatable bonds is 5. The third-order valence-corrected chi connectivity index (χ3v) is 5.41. The molecule has 0 aromatic carbocycles. The molecule has 5 unspecified atom stereocenters. The molecule has 1 saturated heterocycles. The number of halogens is 1. The van der Waals surface area contributed by atoms with Crippen molar-refractivity contribution in [2.75, 3.05) is 7.11 Å². The SMILES string of the molecule is COC(Cl)C1CCCC(O)(O)C1C1(C)OC1CC=C(C)C. The van der Waals surface area contributed by atoms with Crippen LogP contribution in [0.1, 0.15) is 46.5 Å². The van der Waals surface area contributed by atoms with Gasteiger partial charge in [0.05, 0.1) is 12.0 Å². The molecule has 4 nitrogen and oxygen atoms in total. The zero-order chi connectivity index (χ0) is 15.8. The van der Waals surface area contributed by atoms with Gasteiger partial charge in [0.15, 0.2) is 5.79 Å². The Morgan fingerprint density at radius 1 is 1.48 bits per heavy atom. The van der Waals surface area contributed by atoms with Gasteiger partial charge in [-0.25, -0.2) is 0 Å². The molecule has 0 bridgehead atoms. The third kappa shape index (κ3) is 3.45. The summed E-state index contributed by atoms with van der Waals surface area (Å²) in [4.78, 5) is 0. The average Bonchev–Trinajstić information content (AvgIpc) is 3.05. The lowest BCUT2D eigenvalue weighted by Crippen LogP contribution is -2.54. The molecule has 5 heteroatoms. The maximum atomic E-state index is 10.5.